The van der Waals surface area contributed by atoms with Crippen molar-refractivity contribution in [2.24, 2.45) is 0 Å². The largest absolute Gasteiger partial charge is 0.496 e. The zero-order valence-corrected chi connectivity index (χ0v) is 18.7. The topological polar surface area (TPSA) is 73.5 Å². The maximum atomic E-state index is 5.61. The molecule has 164 valence electrons. The number of methoxy groups -OCH3 is 1. The number of nitrogens with zero attached hydrogens (tertiary/aromatic N) is 4. The molecule has 8 heteroatoms. The van der Waals surface area contributed by atoms with Gasteiger partial charge in [0.25, 0.3) is 0 Å². The second-order valence-electron chi connectivity index (χ2n) is 7.52. The van der Waals surface area contributed by atoms with Gasteiger partial charge in [-0.2, -0.15) is 0 Å². The van der Waals surface area contributed by atoms with Gasteiger partial charge >= 0.3 is 0 Å². The highest BCUT2D eigenvalue weighted by Crippen LogP contribution is 2.32. The van der Waals surface area contributed by atoms with Crippen LogP contribution in [0.5, 0.6) is 5.75 Å². The molecule has 0 unspecified atom stereocenters. The summed E-state index contributed by atoms with van der Waals surface area (Å²) in [6, 6.07) is 17.9. The molecule has 2 aromatic carbocycles. The molecule has 0 aliphatic carbocycles. The lowest BCUT2D eigenvalue weighted by Gasteiger charge is -2.25. The predicted octanol–water partition coefficient (Wildman–Crippen LogP) is 4.42. The van der Waals surface area contributed by atoms with Gasteiger partial charge in [0.1, 0.15) is 28.1 Å². The number of benzene rings is 2. The first-order valence-corrected chi connectivity index (χ1v) is 11.6. The van der Waals surface area contributed by atoms with E-state index >= 15 is 0 Å². The van der Waals surface area contributed by atoms with E-state index in [-0.39, 0.29) is 0 Å². The molecule has 0 radical (unpaired) electrons. The third-order valence-corrected chi connectivity index (χ3v) is 6.39. The molecule has 32 heavy (non-hydrogen) atoms. The summed E-state index contributed by atoms with van der Waals surface area (Å²) in [5.41, 5.74) is 2.63. The molecule has 4 aromatic rings. The second kappa shape index (κ2) is 9.68. The number of aromatic nitrogens is 3. The van der Waals surface area contributed by atoms with E-state index in [0.717, 1.165) is 77.4 Å². The van der Waals surface area contributed by atoms with Crippen molar-refractivity contribution in [1.29, 1.82) is 0 Å². The SMILES string of the molecule is COc1ccccc1-c1cc(CSc2nc(CN3CCOCC3)nc3ccccc23)on1. The third kappa shape index (κ3) is 4.62. The summed E-state index contributed by atoms with van der Waals surface area (Å²) in [4.78, 5) is 12.0. The van der Waals surface area contributed by atoms with Crippen LogP contribution in [0.15, 0.2) is 64.1 Å². The fourth-order valence-corrected chi connectivity index (χ4v) is 4.65. The number of hydrogen-bond acceptors (Lipinski definition) is 8. The minimum absolute atomic E-state index is 0.625. The number of thioether (sulfide) groups is 1. The van der Waals surface area contributed by atoms with E-state index in [0.29, 0.717) is 5.75 Å². The molecule has 0 bridgehead atoms. The molecule has 7 nitrogen and oxygen atoms in total. The molecule has 1 aliphatic rings. The van der Waals surface area contributed by atoms with Crippen molar-refractivity contribution in [2.75, 3.05) is 33.4 Å². The highest BCUT2D eigenvalue weighted by molar-refractivity contribution is 7.98. The lowest BCUT2D eigenvalue weighted by Crippen LogP contribution is -2.36. The smallest absolute Gasteiger partial charge is 0.147 e. The van der Waals surface area contributed by atoms with Crippen LogP contribution in [0.25, 0.3) is 22.2 Å². The number of rotatable bonds is 7. The summed E-state index contributed by atoms with van der Waals surface area (Å²) in [7, 11) is 1.66. The summed E-state index contributed by atoms with van der Waals surface area (Å²) in [5, 5.41) is 6.25. The second-order valence-corrected chi connectivity index (χ2v) is 8.48. The van der Waals surface area contributed by atoms with E-state index in [4.69, 9.17) is 24.0 Å². The average Bonchev–Trinajstić information content (AvgIpc) is 3.32. The molecular formula is C24H24N4O3S. The van der Waals surface area contributed by atoms with Crippen LogP contribution in [0, 0.1) is 0 Å². The van der Waals surface area contributed by atoms with E-state index < -0.39 is 0 Å². The maximum absolute atomic E-state index is 5.61. The molecule has 3 heterocycles. The Morgan fingerprint density at radius 2 is 1.84 bits per heavy atom. The Morgan fingerprint density at radius 1 is 1.03 bits per heavy atom. The van der Waals surface area contributed by atoms with E-state index in [1.54, 1.807) is 18.9 Å². The van der Waals surface area contributed by atoms with Crippen LogP contribution in [-0.2, 0) is 17.0 Å². The Labute approximate surface area is 190 Å². The quantitative estimate of drug-likeness (QED) is 0.304. The van der Waals surface area contributed by atoms with Crippen LogP contribution < -0.4 is 4.74 Å². The summed E-state index contributed by atoms with van der Waals surface area (Å²) >= 11 is 1.64. The first-order valence-electron chi connectivity index (χ1n) is 10.6. The van der Waals surface area contributed by atoms with Gasteiger partial charge in [0, 0.05) is 30.1 Å². The van der Waals surface area contributed by atoms with Gasteiger partial charge in [-0.3, -0.25) is 4.90 Å². The Bertz CT molecular complexity index is 1210. The van der Waals surface area contributed by atoms with Crippen LogP contribution in [0.3, 0.4) is 0 Å². The van der Waals surface area contributed by atoms with Gasteiger partial charge in [0.05, 0.1) is 38.1 Å². The van der Waals surface area contributed by atoms with Crippen molar-refractivity contribution in [2.45, 2.75) is 17.3 Å². The highest BCUT2D eigenvalue weighted by atomic mass is 32.2. The summed E-state index contributed by atoms with van der Waals surface area (Å²) in [5.74, 6) is 3.02. The van der Waals surface area contributed by atoms with Gasteiger partial charge in [0.2, 0.25) is 0 Å². The first-order chi connectivity index (χ1) is 15.8. The molecular weight excluding hydrogens is 424 g/mol. The van der Waals surface area contributed by atoms with Crippen molar-refractivity contribution in [3.8, 4) is 17.0 Å². The average molecular weight is 449 g/mol. The third-order valence-electron chi connectivity index (χ3n) is 5.38. The Hall–Kier alpha value is -2.94. The molecule has 0 spiro atoms. The standard InChI is InChI=1S/C24H24N4O3S/c1-29-22-9-5-3-6-18(22)21-14-17(31-27-21)16-32-24-19-7-2-4-8-20(19)25-23(26-24)15-28-10-12-30-13-11-28/h2-9,14H,10-13,15-16H2,1H3. The van der Waals surface area contributed by atoms with Crippen molar-refractivity contribution in [1.82, 2.24) is 20.0 Å². The molecule has 1 fully saturated rings. The van der Waals surface area contributed by atoms with Gasteiger partial charge in [-0.25, -0.2) is 9.97 Å². The molecule has 2 aromatic heterocycles. The van der Waals surface area contributed by atoms with Crippen molar-refractivity contribution < 1.29 is 14.0 Å². The molecule has 0 N–H and O–H groups in total. The van der Waals surface area contributed by atoms with Crippen molar-refractivity contribution >= 4 is 22.7 Å². The van der Waals surface area contributed by atoms with Crippen LogP contribution >= 0.6 is 11.8 Å². The van der Waals surface area contributed by atoms with E-state index in [9.17, 15) is 0 Å². The molecule has 0 amide bonds. The normalized spacial score (nSPS) is 14.7. The fraction of sp³-hybridized carbons (Fsp3) is 0.292. The van der Waals surface area contributed by atoms with Crippen molar-refractivity contribution in [3.05, 3.63) is 66.2 Å². The predicted molar refractivity (Wildman–Crippen MR) is 124 cm³/mol. The molecule has 1 aliphatic heterocycles. The molecule has 0 atom stereocenters. The summed E-state index contributed by atoms with van der Waals surface area (Å²) in [6.45, 7) is 4.05. The van der Waals surface area contributed by atoms with E-state index in [1.807, 2.05) is 48.5 Å². The van der Waals surface area contributed by atoms with Crippen LogP contribution in [-0.4, -0.2) is 53.4 Å². The monoisotopic (exact) mass is 448 g/mol. The maximum Gasteiger partial charge on any atom is 0.147 e. The number of fused-ring (bicyclic) bond motifs is 1. The molecule has 5 rings (SSSR count). The lowest BCUT2D eigenvalue weighted by atomic mass is 10.1. The van der Waals surface area contributed by atoms with Crippen molar-refractivity contribution in [3.63, 3.8) is 0 Å². The van der Waals surface area contributed by atoms with Crippen LogP contribution in [0.2, 0.25) is 0 Å². The summed E-state index contributed by atoms with van der Waals surface area (Å²) < 4.78 is 16.5. The van der Waals surface area contributed by atoms with E-state index in [1.165, 1.54) is 0 Å². The van der Waals surface area contributed by atoms with Crippen LogP contribution in [0.4, 0.5) is 0 Å². The van der Waals surface area contributed by atoms with Gasteiger partial charge < -0.3 is 14.0 Å². The Balaban J connectivity index is 1.36. The van der Waals surface area contributed by atoms with Gasteiger partial charge in [-0.05, 0) is 18.2 Å². The highest BCUT2D eigenvalue weighted by Gasteiger charge is 2.16. The molecule has 0 saturated carbocycles. The zero-order chi connectivity index (χ0) is 21.8. The first kappa shape index (κ1) is 20.9. The van der Waals surface area contributed by atoms with Gasteiger partial charge in [-0.1, -0.05) is 47.3 Å². The minimum atomic E-state index is 0.625. The lowest BCUT2D eigenvalue weighted by molar-refractivity contribution is 0.0330. The van der Waals surface area contributed by atoms with E-state index in [2.05, 4.69) is 16.1 Å². The zero-order valence-electron chi connectivity index (χ0n) is 17.9. The number of hydrogen-bond donors (Lipinski definition) is 0. The minimum Gasteiger partial charge on any atom is -0.496 e. The summed E-state index contributed by atoms with van der Waals surface area (Å²) in [6.07, 6.45) is 0. The fourth-order valence-electron chi connectivity index (χ4n) is 3.74. The number of para-hydroxylation sites is 2. The molecule has 1 saturated heterocycles. The Kier molecular flexibility index (Phi) is 6.34. The number of ether oxygens (including phenoxy) is 2. The Morgan fingerprint density at radius 3 is 2.72 bits per heavy atom. The van der Waals surface area contributed by atoms with Gasteiger partial charge in [0.15, 0.2) is 0 Å². The van der Waals surface area contributed by atoms with Crippen LogP contribution in [0.1, 0.15) is 11.6 Å². The van der Waals surface area contributed by atoms with Gasteiger partial charge in [-0.15, -0.1) is 0 Å². The number of morpholine rings is 1.